The molecule has 2 aromatic carbocycles. The van der Waals surface area contributed by atoms with E-state index in [-0.39, 0.29) is 27.8 Å². The Hall–Kier alpha value is -1.56. The van der Waals surface area contributed by atoms with E-state index in [0.29, 0.717) is 17.8 Å². The Balaban J connectivity index is 0.00000364. The number of rotatable bonds is 6. The van der Waals surface area contributed by atoms with Crippen molar-refractivity contribution in [3.05, 3.63) is 66.1 Å². The van der Waals surface area contributed by atoms with Crippen molar-refractivity contribution < 1.29 is 20.4 Å². The first-order chi connectivity index (χ1) is 12.3. The standard InChI is InChI=1S/C24H32N2.CH3.Pd/c1-16(2)20-11-8-10-19(7)23(20)25-14-15-26-24-21(17(3)4)12-9-13-22(24)18(5)6;;/h8-18H,1-7H3;1H3;/q;-1;. The molecular weight excluding hydrogens is 435 g/mol. The third-order valence-corrected chi connectivity index (χ3v) is 4.71. The fraction of sp³-hybridized carbons (Fsp3) is 0.400. The van der Waals surface area contributed by atoms with Crippen LogP contribution in [0.15, 0.2) is 46.4 Å². The molecular formula is C25H35N2Pd-. The molecule has 0 bridgehead atoms. The van der Waals surface area contributed by atoms with Gasteiger partial charge in [-0.25, -0.2) is 0 Å². The summed E-state index contributed by atoms with van der Waals surface area (Å²) in [5.41, 5.74) is 7.22. The molecule has 0 radical (unpaired) electrons. The summed E-state index contributed by atoms with van der Waals surface area (Å²) >= 11 is 0. The molecule has 28 heavy (non-hydrogen) atoms. The van der Waals surface area contributed by atoms with Gasteiger partial charge in [-0.2, -0.15) is 0 Å². The second-order valence-electron chi connectivity index (χ2n) is 7.82. The van der Waals surface area contributed by atoms with Gasteiger partial charge in [0.1, 0.15) is 0 Å². The molecule has 2 rings (SSSR count). The summed E-state index contributed by atoms with van der Waals surface area (Å²) in [5, 5.41) is 0. The van der Waals surface area contributed by atoms with Gasteiger partial charge >= 0.3 is 0 Å². The molecule has 0 aliphatic rings. The molecule has 0 unspecified atom stereocenters. The molecule has 0 aromatic heterocycles. The number of benzene rings is 2. The average Bonchev–Trinajstić information content (AvgIpc) is 2.58. The van der Waals surface area contributed by atoms with Crippen molar-refractivity contribution in [1.29, 1.82) is 0 Å². The molecule has 2 aromatic rings. The van der Waals surface area contributed by atoms with Crippen LogP contribution in [0.25, 0.3) is 0 Å². The Morgan fingerprint density at radius 1 is 0.643 bits per heavy atom. The molecule has 0 saturated heterocycles. The van der Waals surface area contributed by atoms with Crippen molar-refractivity contribution in [3.63, 3.8) is 0 Å². The van der Waals surface area contributed by atoms with Gasteiger partial charge in [0.15, 0.2) is 0 Å². The fourth-order valence-corrected chi connectivity index (χ4v) is 3.20. The normalized spacial score (nSPS) is 11.5. The SMILES string of the molecule is Cc1cccc(C(C)C)c1N=CC=Nc1c(C(C)C)cccc1C(C)C.[CH3-].[Pd]. The molecule has 0 atom stereocenters. The van der Waals surface area contributed by atoms with Crippen molar-refractivity contribution >= 4 is 23.8 Å². The van der Waals surface area contributed by atoms with E-state index in [4.69, 9.17) is 9.98 Å². The predicted octanol–water partition coefficient (Wildman–Crippen LogP) is 7.92. The molecule has 0 heterocycles. The summed E-state index contributed by atoms with van der Waals surface area (Å²) in [6.45, 7) is 15.4. The molecule has 0 spiro atoms. The van der Waals surface area contributed by atoms with Crippen molar-refractivity contribution in [2.45, 2.75) is 66.2 Å². The van der Waals surface area contributed by atoms with Crippen LogP contribution in [0.4, 0.5) is 11.4 Å². The first kappa shape index (κ1) is 26.4. The second kappa shape index (κ2) is 12.1. The van der Waals surface area contributed by atoms with E-state index in [1.54, 1.807) is 0 Å². The van der Waals surface area contributed by atoms with E-state index >= 15 is 0 Å². The Morgan fingerprint density at radius 3 is 1.43 bits per heavy atom. The quantitative estimate of drug-likeness (QED) is 0.233. The Kier molecular flexibility index (Phi) is 11.4. The number of hydrogen-bond donors (Lipinski definition) is 0. The maximum Gasteiger partial charge on any atom is 0.0699 e. The van der Waals surface area contributed by atoms with Crippen LogP contribution < -0.4 is 0 Å². The third-order valence-electron chi connectivity index (χ3n) is 4.71. The summed E-state index contributed by atoms with van der Waals surface area (Å²) in [5.74, 6) is 1.34. The van der Waals surface area contributed by atoms with E-state index in [1.165, 1.54) is 22.3 Å². The van der Waals surface area contributed by atoms with Crippen molar-refractivity contribution in [2.75, 3.05) is 0 Å². The summed E-state index contributed by atoms with van der Waals surface area (Å²) in [6, 6.07) is 12.9. The first-order valence-electron chi connectivity index (χ1n) is 9.62. The Labute approximate surface area is 186 Å². The summed E-state index contributed by atoms with van der Waals surface area (Å²) in [7, 11) is 0. The fourth-order valence-electron chi connectivity index (χ4n) is 3.20. The van der Waals surface area contributed by atoms with E-state index < -0.39 is 0 Å². The number of nitrogens with zero attached hydrogens (tertiary/aromatic N) is 2. The number of aliphatic imine (C=N–C) groups is 2. The molecule has 0 aliphatic carbocycles. The largest absolute Gasteiger partial charge is 0.358 e. The average molecular weight is 470 g/mol. The molecule has 0 amide bonds. The van der Waals surface area contributed by atoms with Gasteiger partial charge in [0.25, 0.3) is 0 Å². The van der Waals surface area contributed by atoms with E-state index in [1.807, 2.05) is 12.4 Å². The molecule has 156 valence electrons. The van der Waals surface area contributed by atoms with Crippen molar-refractivity contribution in [3.8, 4) is 0 Å². The molecule has 2 nitrogen and oxygen atoms in total. The van der Waals surface area contributed by atoms with Gasteiger partial charge in [-0.15, -0.1) is 0 Å². The van der Waals surface area contributed by atoms with Crippen LogP contribution >= 0.6 is 0 Å². The summed E-state index contributed by atoms with van der Waals surface area (Å²) in [4.78, 5) is 9.51. The van der Waals surface area contributed by atoms with Crippen LogP contribution in [-0.2, 0) is 20.4 Å². The molecule has 0 fully saturated rings. The van der Waals surface area contributed by atoms with Crippen molar-refractivity contribution in [1.82, 2.24) is 0 Å². The van der Waals surface area contributed by atoms with Gasteiger partial charge in [0, 0.05) is 32.9 Å². The maximum atomic E-state index is 4.79. The first-order valence-corrected chi connectivity index (χ1v) is 9.62. The summed E-state index contributed by atoms with van der Waals surface area (Å²) in [6.07, 6.45) is 3.67. The van der Waals surface area contributed by atoms with Crippen LogP contribution in [-0.4, -0.2) is 12.4 Å². The third kappa shape index (κ3) is 6.50. The Bertz CT molecular complexity index is 776. The van der Waals surface area contributed by atoms with E-state index in [9.17, 15) is 0 Å². The smallest absolute Gasteiger partial charge is 0.0699 e. The second-order valence-corrected chi connectivity index (χ2v) is 7.82. The number of para-hydroxylation sites is 2. The molecule has 0 N–H and O–H groups in total. The number of hydrogen-bond acceptors (Lipinski definition) is 2. The zero-order valence-electron chi connectivity index (χ0n) is 18.6. The zero-order chi connectivity index (χ0) is 19.3. The number of aryl methyl sites for hydroxylation is 1. The van der Waals surface area contributed by atoms with E-state index in [0.717, 1.165) is 11.4 Å². The van der Waals surface area contributed by atoms with Gasteiger partial charge in [0.05, 0.1) is 11.4 Å². The van der Waals surface area contributed by atoms with Gasteiger partial charge in [0.2, 0.25) is 0 Å². The van der Waals surface area contributed by atoms with Gasteiger partial charge < -0.3 is 7.43 Å². The minimum Gasteiger partial charge on any atom is -0.358 e. The van der Waals surface area contributed by atoms with E-state index in [2.05, 4.69) is 84.9 Å². The van der Waals surface area contributed by atoms with Crippen LogP contribution in [0, 0.1) is 14.4 Å². The zero-order valence-corrected chi connectivity index (χ0v) is 20.1. The minimum atomic E-state index is 0. The van der Waals surface area contributed by atoms with Crippen LogP contribution in [0.1, 0.15) is 81.5 Å². The van der Waals surface area contributed by atoms with Crippen molar-refractivity contribution in [2.24, 2.45) is 9.98 Å². The minimum absolute atomic E-state index is 0. The van der Waals surface area contributed by atoms with Crippen LogP contribution in [0.2, 0.25) is 0 Å². The van der Waals surface area contributed by atoms with Crippen LogP contribution in [0.5, 0.6) is 0 Å². The molecule has 0 aliphatic heterocycles. The van der Waals surface area contributed by atoms with Crippen LogP contribution in [0.3, 0.4) is 0 Å². The monoisotopic (exact) mass is 469 g/mol. The topological polar surface area (TPSA) is 24.7 Å². The predicted molar refractivity (Wildman–Crippen MR) is 123 cm³/mol. The summed E-state index contributed by atoms with van der Waals surface area (Å²) < 4.78 is 0. The molecule has 3 heteroatoms. The van der Waals surface area contributed by atoms with Gasteiger partial charge in [-0.3, -0.25) is 9.98 Å². The molecule has 0 saturated carbocycles. The van der Waals surface area contributed by atoms with Gasteiger partial charge in [-0.05, 0) is 46.9 Å². The van der Waals surface area contributed by atoms with Gasteiger partial charge in [-0.1, -0.05) is 77.9 Å². The maximum absolute atomic E-state index is 4.79. The Morgan fingerprint density at radius 2 is 1.00 bits per heavy atom.